The maximum atomic E-state index is 13.3. The number of carbonyl (C=O) groups is 3. The van der Waals surface area contributed by atoms with Crippen LogP contribution < -0.4 is 19.7 Å². The molecule has 2 heterocycles. The number of benzene rings is 2. The van der Waals surface area contributed by atoms with Gasteiger partial charge < -0.3 is 14.4 Å². The quantitative estimate of drug-likeness (QED) is 0.839. The lowest BCUT2D eigenvalue weighted by Gasteiger charge is -2.31. The molecular formula is C22H23N3O5. The lowest BCUT2D eigenvalue weighted by molar-refractivity contribution is -0.120. The second kappa shape index (κ2) is 8.06. The van der Waals surface area contributed by atoms with Gasteiger partial charge in [0, 0.05) is 20.0 Å². The molecule has 4 amide bonds. The number of fused-ring (bicyclic) bond motifs is 1. The summed E-state index contributed by atoms with van der Waals surface area (Å²) in [5.74, 6) is 0.825. The summed E-state index contributed by atoms with van der Waals surface area (Å²) in [4.78, 5) is 40.1. The zero-order valence-electron chi connectivity index (χ0n) is 16.9. The van der Waals surface area contributed by atoms with Crippen LogP contribution >= 0.6 is 0 Å². The number of hydrogen-bond acceptors (Lipinski definition) is 5. The van der Waals surface area contributed by atoms with Crippen molar-refractivity contribution in [3.8, 4) is 11.5 Å². The molecule has 1 unspecified atom stereocenters. The molecule has 8 nitrogen and oxygen atoms in total. The average molecular weight is 409 g/mol. The number of rotatable bonds is 4. The Kier molecular flexibility index (Phi) is 5.31. The molecule has 2 aliphatic heterocycles. The smallest absolute Gasteiger partial charge is 0.328 e. The van der Waals surface area contributed by atoms with Crippen molar-refractivity contribution in [2.45, 2.75) is 19.4 Å². The Bertz CT molecular complexity index is 1010. The fourth-order valence-corrected chi connectivity index (χ4v) is 3.59. The van der Waals surface area contributed by atoms with E-state index in [1.807, 2.05) is 25.1 Å². The Hall–Kier alpha value is -3.55. The molecule has 0 spiro atoms. The molecule has 1 atom stereocenters. The van der Waals surface area contributed by atoms with Crippen molar-refractivity contribution in [2.75, 3.05) is 31.7 Å². The molecule has 0 saturated carbocycles. The van der Waals surface area contributed by atoms with Crippen LogP contribution in [0, 0.1) is 0 Å². The third kappa shape index (κ3) is 3.68. The topological polar surface area (TPSA) is 88.2 Å². The molecule has 0 bridgehead atoms. The van der Waals surface area contributed by atoms with Gasteiger partial charge in [0.05, 0.1) is 17.3 Å². The summed E-state index contributed by atoms with van der Waals surface area (Å²) < 4.78 is 11.2. The molecule has 1 fully saturated rings. The van der Waals surface area contributed by atoms with E-state index in [-0.39, 0.29) is 30.8 Å². The number of anilines is 1. The van der Waals surface area contributed by atoms with Crippen molar-refractivity contribution >= 4 is 23.5 Å². The maximum absolute atomic E-state index is 13.3. The van der Waals surface area contributed by atoms with Crippen molar-refractivity contribution in [1.82, 2.24) is 10.2 Å². The Morgan fingerprint density at radius 1 is 1.10 bits per heavy atom. The monoisotopic (exact) mass is 409 g/mol. The van der Waals surface area contributed by atoms with Crippen molar-refractivity contribution in [2.24, 2.45) is 0 Å². The average Bonchev–Trinajstić information content (AvgIpc) is 2.77. The number of para-hydroxylation sites is 1. The van der Waals surface area contributed by atoms with Crippen molar-refractivity contribution in [3.63, 3.8) is 0 Å². The molecule has 0 aliphatic carbocycles. The van der Waals surface area contributed by atoms with Crippen LogP contribution in [0.4, 0.5) is 10.5 Å². The Morgan fingerprint density at radius 2 is 1.83 bits per heavy atom. The molecule has 2 aromatic rings. The highest BCUT2D eigenvalue weighted by Crippen LogP contribution is 2.34. The van der Waals surface area contributed by atoms with Gasteiger partial charge in [0.25, 0.3) is 5.91 Å². The van der Waals surface area contributed by atoms with Crippen molar-refractivity contribution in [3.05, 3.63) is 53.6 Å². The number of nitrogens with one attached hydrogen (secondary N) is 1. The van der Waals surface area contributed by atoms with Gasteiger partial charge in [0.15, 0.2) is 11.5 Å². The SMILES string of the molecule is CC(c1ccc2c(c1)OCCO2)N(C)C(=O)c1ccccc1N1CCC(=O)NC1=O. The van der Waals surface area contributed by atoms with E-state index in [1.165, 1.54) is 4.90 Å². The third-order valence-corrected chi connectivity index (χ3v) is 5.43. The molecule has 156 valence electrons. The van der Waals surface area contributed by atoms with E-state index in [1.54, 1.807) is 36.2 Å². The minimum absolute atomic E-state index is 0.192. The summed E-state index contributed by atoms with van der Waals surface area (Å²) in [5.41, 5.74) is 1.79. The molecule has 2 aromatic carbocycles. The maximum Gasteiger partial charge on any atom is 0.328 e. The first-order chi connectivity index (χ1) is 14.5. The normalized spacial score (nSPS) is 16.7. The first kappa shape index (κ1) is 19.8. The molecule has 0 radical (unpaired) electrons. The number of nitrogens with zero attached hydrogens (tertiary/aromatic N) is 2. The van der Waals surface area contributed by atoms with E-state index in [9.17, 15) is 14.4 Å². The molecule has 4 rings (SSSR count). The van der Waals surface area contributed by atoms with Gasteiger partial charge >= 0.3 is 6.03 Å². The fourth-order valence-electron chi connectivity index (χ4n) is 3.59. The molecule has 30 heavy (non-hydrogen) atoms. The lowest BCUT2D eigenvalue weighted by Crippen LogP contribution is -2.50. The van der Waals surface area contributed by atoms with Gasteiger partial charge in [-0.25, -0.2) is 4.79 Å². The molecular weight excluding hydrogens is 386 g/mol. The number of hydrogen-bond donors (Lipinski definition) is 1. The number of carbonyl (C=O) groups excluding carboxylic acids is 3. The van der Waals surface area contributed by atoms with Crippen LogP contribution in [-0.2, 0) is 4.79 Å². The van der Waals surface area contributed by atoms with Crippen molar-refractivity contribution < 1.29 is 23.9 Å². The van der Waals surface area contributed by atoms with Gasteiger partial charge in [0.1, 0.15) is 13.2 Å². The summed E-state index contributed by atoms with van der Waals surface area (Å²) in [6.07, 6.45) is 0.192. The lowest BCUT2D eigenvalue weighted by atomic mass is 10.0. The molecule has 1 N–H and O–H groups in total. The van der Waals surface area contributed by atoms with Gasteiger partial charge in [-0.15, -0.1) is 0 Å². The van der Waals surface area contributed by atoms with Crippen LogP contribution in [0.3, 0.4) is 0 Å². The zero-order valence-corrected chi connectivity index (χ0v) is 16.9. The standard InChI is InChI=1S/C22H23N3O5/c1-14(15-7-8-18-19(13-15)30-12-11-29-18)24(2)21(27)16-5-3-4-6-17(16)25-10-9-20(26)23-22(25)28/h3-8,13-14H,9-12H2,1-2H3,(H,23,26,28). The second-order valence-electron chi connectivity index (χ2n) is 7.27. The number of urea groups is 1. The number of amides is 4. The molecule has 8 heteroatoms. The van der Waals surface area contributed by atoms with E-state index in [4.69, 9.17) is 9.47 Å². The Morgan fingerprint density at radius 3 is 2.60 bits per heavy atom. The van der Waals surface area contributed by atoms with E-state index in [0.717, 1.165) is 5.56 Å². The third-order valence-electron chi connectivity index (χ3n) is 5.43. The minimum Gasteiger partial charge on any atom is -0.486 e. The summed E-state index contributed by atoms with van der Waals surface area (Å²) >= 11 is 0. The highest BCUT2D eigenvalue weighted by Gasteiger charge is 2.29. The zero-order chi connectivity index (χ0) is 21.3. The first-order valence-electron chi connectivity index (χ1n) is 9.83. The molecule has 2 aliphatic rings. The predicted molar refractivity (Wildman–Crippen MR) is 110 cm³/mol. The van der Waals surface area contributed by atoms with Crippen LogP contribution in [0.5, 0.6) is 11.5 Å². The van der Waals surface area contributed by atoms with Crippen LogP contribution in [0.15, 0.2) is 42.5 Å². The van der Waals surface area contributed by atoms with Gasteiger partial charge in [-0.3, -0.25) is 19.8 Å². The summed E-state index contributed by atoms with van der Waals surface area (Å²) in [6, 6.07) is 11.8. The predicted octanol–water partition coefficient (Wildman–Crippen LogP) is 2.74. The summed E-state index contributed by atoms with van der Waals surface area (Å²) in [6.45, 7) is 3.18. The first-order valence-corrected chi connectivity index (χ1v) is 9.83. The Labute approximate surface area is 174 Å². The van der Waals surface area contributed by atoms with Gasteiger partial charge in [-0.2, -0.15) is 0 Å². The van der Waals surface area contributed by atoms with Crippen LogP contribution in [0.2, 0.25) is 0 Å². The van der Waals surface area contributed by atoms with E-state index >= 15 is 0 Å². The summed E-state index contributed by atoms with van der Waals surface area (Å²) in [7, 11) is 1.72. The highest BCUT2D eigenvalue weighted by atomic mass is 16.6. The fraction of sp³-hybridized carbons (Fsp3) is 0.318. The van der Waals surface area contributed by atoms with Crippen molar-refractivity contribution in [1.29, 1.82) is 0 Å². The van der Waals surface area contributed by atoms with Gasteiger partial charge in [0.2, 0.25) is 5.91 Å². The molecule has 0 aromatic heterocycles. The van der Waals surface area contributed by atoms with Gasteiger partial charge in [-0.1, -0.05) is 18.2 Å². The Balaban J connectivity index is 1.59. The van der Waals surface area contributed by atoms with E-state index < -0.39 is 6.03 Å². The highest BCUT2D eigenvalue weighted by molar-refractivity contribution is 6.09. The van der Waals surface area contributed by atoms with Crippen LogP contribution in [-0.4, -0.2) is 49.6 Å². The molecule has 1 saturated heterocycles. The van der Waals surface area contributed by atoms with Crippen LogP contribution in [0.1, 0.15) is 35.3 Å². The number of imide groups is 1. The minimum atomic E-state index is -0.519. The summed E-state index contributed by atoms with van der Waals surface area (Å²) in [5, 5.41) is 2.30. The largest absolute Gasteiger partial charge is 0.486 e. The van der Waals surface area contributed by atoms with E-state index in [0.29, 0.717) is 36.0 Å². The number of ether oxygens (including phenoxy) is 2. The van der Waals surface area contributed by atoms with Crippen LogP contribution in [0.25, 0.3) is 0 Å². The second-order valence-corrected chi connectivity index (χ2v) is 7.27. The van der Waals surface area contributed by atoms with E-state index in [2.05, 4.69) is 5.32 Å². The van der Waals surface area contributed by atoms with Gasteiger partial charge in [-0.05, 0) is 36.8 Å².